The van der Waals surface area contributed by atoms with Crippen molar-refractivity contribution in [1.29, 1.82) is 10.5 Å². The minimum Gasteiger partial charge on any atom is -0.744 e. The number of nitriles is 2. The maximum atomic E-state index is 13.3. The summed E-state index contributed by atoms with van der Waals surface area (Å²) >= 11 is 0. The number of hydrogen-bond acceptors (Lipinski definition) is 12. The molecule has 1 amide bonds. The van der Waals surface area contributed by atoms with Crippen LogP contribution >= 0.6 is 0 Å². The molecule has 0 aliphatic carbocycles. The van der Waals surface area contributed by atoms with Crippen LogP contribution in [-0.4, -0.2) is 52.4 Å². The summed E-state index contributed by atoms with van der Waals surface area (Å²) in [6.45, 7) is 1.74. The van der Waals surface area contributed by atoms with Gasteiger partial charge in [-0.25, -0.2) is 16.8 Å². The van der Waals surface area contributed by atoms with E-state index in [0.29, 0.717) is 12.0 Å². The molecule has 43 heavy (non-hydrogen) atoms. The van der Waals surface area contributed by atoms with E-state index in [1.807, 2.05) is 12.1 Å². The second-order valence-corrected chi connectivity index (χ2v) is 11.3. The van der Waals surface area contributed by atoms with Gasteiger partial charge in [0.2, 0.25) is 5.88 Å². The molecular weight excluding hydrogens is 622 g/mol. The summed E-state index contributed by atoms with van der Waals surface area (Å²) in [5, 5.41) is 39.1. The van der Waals surface area contributed by atoms with Gasteiger partial charge in [0.1, 0.15) is 32.4 Å². The van der Waals surface area contributed by atoms with Crippen LogP contribution in [-0.2, 0) is 31.5 Å². The van der Waals surface area contributed by atoms with Gasteiger partial charge in [0.05, 0.1) is 32.3 Å². The first kappa shape index (κ1) is 36.3. The molecule has 1 aliphatic rings. The van der Waals surface area contributed by atoms with E-state index in [9.17, 15) is 46.4 Å². The fourth-order valence-electron chi connectivity index (χ4n) is 4.18. The van der Waals surface area contributed by atoms with E-state index in [1.165, 1.54) is 24.3 Å². The molecule has 0 saturated carbocycles. The Kier molecular flexibility index (Phi) is 12.1. The summed E-state index contributed by atoms with van der Waals surface area (Å²) in [5.41, 5.74) is 0.608. The number of nitrogens with zero attached hydrogens (tertiary/aromatic N) is 6. The zero-order valence-corrected chi connectivity index (χ0v) is 28.7. The zero-order chi connectivity index (χ0) is 30.1. The summed E-state index contributed by atoms with van der Waals surface area (Å²) < 4.78 is 68.2. The number of anilines is 1. The summed E-state index contributed by atoms with van der Waals surface area (Å²) in [6, 6.07) is 12.8. The van der Waals surface area contributed by atoms with E-state index in [1.54, 1.807) is 6.92 Å². The molecule has 0 atom stereocenters. The number of benzene rings is 2. The first-order valence-corrected chi connectivity index (χ1v) is 14.5. The van der Waals surface area contributed by atoms with Gasteiger partial charge in [0, 0.05) is 0 Å². The number of aromatic nitrogens is 2. The molecule has 18 heteroatoms. The van der Waals surface area contributed by atoms with Crippen molar-refractivity contribution in [3.63, 3.8) is 0 Å². The first-order valence-electron chi connectivity index (χ1n) is 11.7. The van der Waals surface area contributed by atoms with E-state index in [4.69, 9.17) is 0 Å². The van der Waals surface area contributed by atoms with Crippen LogP contribution in [0, 0.1) is 22.7 Å². The third kappa shape index (κ3) is 7.62. The molecule has 1 N–H and O–H groups in total. The second kappa shape index (κ2) is 14.3. The largest absolute Gasteiger partial charge is 1.00 e. The van der Waals surface area contributed by atoms with Gasteiger partial charge in [0.15, 0.2) is 11.4 Å². The molecule has 1 aliphatic heterocycles. The topological polar surface area (TPSA) is 233 Å². The monoisotopic (exact) mass is 640 g/mol. The quantitative estimate of drug-likeness (QED) is 0.141. The Morgan fingerprint density at radius 2 is 1.42 bits per heavy atom. The van der Waals surface area contributed by atoms with E-state index >= 15 is 0 Å². The molecule has 2 heterocycles. The molecule has 3 aromatic rings. The SMILES string of the molecule is CCC(CCc1c(C#N)nn(-c2ccc(S(=O)(=O)[O-])cc2)c1O)=C1C(=O)N(c2ccc(S(=O)(=O)[O-])cc2)N=C1C#N.[Na+].[Na+]. The normalized spacial score (nSPS) is 14.2. The standard InChI is InChI=1S/C25H20N6O8S2.2Na/c1-2-15(23-22(14-27)29-31(25(23)33)17-6-10-19(11-7-17)41(37,38)39)3-12-20-21(13-26)28-30(24(20)32)16-4-8-18(9-5-16)40(34,35)36;;/h4-11,32H,2-3,12H2,1H3,(H,34,35,36)(H,37,38,39);;/q;2*+1/p-2. The van der Waals surface area contributed by atoms with Crippen LogP contribution in [0.15, 0.2) is 74.6 Å². The van der Waals surface area contributed by atoms with Crippen molar-refractivity contribution < 1.29 is 95.0 Å². The van der Waals surface area contributed by atoms with E-state index < -0.39 is 41.8 Å². The average molecular weight is 641 g/mol. The predicted octanol–water partition coefficient (Wildman–Crippen LogP) is -4.17. The molecule has 1 aromatic heterocycles. The van der Waals surface area contributed by atoms with Gasteiger partial charge in [-0.1, -0.05) is 12.5 Å². The molecule has 0 unspecified atom stereocenters. The number of amides is 1. The van der Waals surface area contributed by atoms with Crippen LogP contribution in [0.5, 0.6) is 5.88 Å². The molecule has 0 bridgehead atoms. The van der Waals surface area contributed by atoms with Crippen molar-refractivity contribution in [2.24, 2.45) is 5.10 Å². The molecule has 0 radical (unpaired) electrons. The average Bonchev–Trinajstić information content (AvgIpc) is 3.44. The number of carbonyl (C=O) groups is 1. The zero-order valence-electron chi connectivity index (χ0n) is 23.0. The number of carbonyl (C=O) groups excluding carboxylic acids is 1. The van der Waals surface area contributed by atoms with Crippen molar-refractivity contribution in [3.05, 3.63) is 70.9 Å². The number of aromatic hydroxyl groups is 1. The van der Waals surface area contributed by atoms with Crippen LogP contribution in [0.4, 0.5) is 5.69 Å². The Bertz CT molecular complexity index is 1920. The van der Waals surface area contributed by atoms with Crippen LogP contribution in [0.1, 0.15) is 31.0 Å². The van der Waals surface area contributed by atoms with Gasteiger partial charge in [-0.05, 0) is 67.8 Å². The Hall–Kier alpha value is -2.87. The van der Waals surface area contributed by atoms with Gasteiger partial charge in [0.25, 0.3) is 5.91 Å². The minimum atomic E-state index is -4.71. The molecule has 4 rings (SSSR count). The number of hydrazone groups is 1. The first-order chi connectivity index (χ1) is 19.3. The third-order valence-electron chi connectivity index (χ3n) is 6.21. The van der Waals surface area contributed by atoms with Crippen molar-refractivity contribution in [3.8, 4) is 23.7 Å². The maximum absolute atomic E-state index is 13.3. The Labute approximate surface area is 291 Å². The fraction of sp³-hybridized carbons (Fsp3) is 0.160. The Morgan fingerprint density at radius 1 is 0.907 bits per heavy atom. The molecule has 0 spiro atoms. The Morgan fingerprint density at radius 3 is 1.86 bits per heavy atom. The van der Waals surface area contributed by atoms with Gasteiger partial charge in [-0.15, -0.1) is 0 Å². The third-order valence-corrected chi connectivity index (χ3v) is 7.91. The van der Waals surface area contributed by atoms with E-state index in [2.05, 4.69) is 10.2 Å². The van der Waals surface area contributed by atoms with E-state index in [-0.39, 0.29) is 106 Å². The van der Waals surface area contributed by atoms with Crippen molar-refractivity contribution in [2.75, 3.05) is 5.01 Å². The van der Waals surface area contributed by atoms with Crippen LogP contribution < -0.4 is 64.1 Å². The molecule has 210 valence electrons. The van der Waals surface area contributed by atoms with Crippen LogP contribution in [0.25, 0.3) is 5.69 Å². The minimum absolute atomic E-state index is 0. The fourth-order valence-corrected chi connectivity index (χ4v) is 5.12. The molecule has 0 fully saturated rings. The molecular formula is C25H18N6Na2O8S2. The van der Waals surface area contributed by atoms with Crippen molar-refractivity contribution in [1.82, 2.24) is 9.78 Å². The van der Waals surface area contributed by atoms with Crippen LogP contribution in [0.2, 0.25) is 0 Å². The van der Waals surface area contributed by atoms with Gasteiger partial charge in [-0.3, -0.25) is 4.79 Å². The number of hydrogen-bond donors (Lipinski definition) is 1. The molecule has 14 nitrogen and oxygen atoms in total. The summed E-state index contributed by atoms with van der Waals surface area (Å²) in [6.07, 6.45) is 0.433. The predicted molar refractivity (Wildman–Crippen MR) is 138 cm³/mol. The summed E-state index contributed by atoms with van der Waals surface area (Å²) in [5.74, 6) is -1.08. The number of rotatable bonds is 8. The molecule has 2 aromatic carbocycles. The molecule has 0 saturated heterocycles. The second-order valence-electron chi connectivity index (χ2n) is 8.58. The number of allylic oxidation sites excluding steroid dienone is 1. The Balaban J connectivity index is 0.00000323. The smallest absolute Gasteiger partial charge is 0.744 e. The van der Waals surface area contributed by atoms with Crippen molar-refractivity contribution >= 4 is 37.5 Å². The van der Waals surface area contributed by atoms with Gasteiger partial charge >= 0.3 is 59.1 Å². The van der Waals surface area contributed by atoms with E-state index in [0.717, 1.165) is 34.0 Å². The summed E-state index contributed by atoms with van der Waals surface area (Å²) in [4.78, 5) is 12.3. The van der Waals surface area contributed by atoms with Crippen LogP contribution in [0.3, 0.4) is 0 Å². The maximum Gasteiger partial charge on any atom is 1.00 e. The van der Waals surface area contributed by atoms with Crippen molar-refractivity contribution in [2.45, 2.75) is 36.0 Å². The van der Waals surface area contributed by atoms with Gasteiger partial charge in [-0.2, -0.15) is 30.4 Å². The van der Waals surface area contributed by atoms with Gasteiger partial charge < -0.3 is 14.2 Å². The summed E-state index contributed by atoms with van der Waals surface area (Å²) in [7, 11) is -9.39.